The van der Waals surface area contributed by atoms with Crippen molar-refractivity contribution in [3.8, 4) is 5.75 Å². The maximum Gasteiger partial charge on any atom is 0.230 e. The summed E-state index contributed by atoms with van der Waals surface area (Å²) >= 11 is 0. The molecule has 5 nitrogen and oxygen atoms in total. The molecule has 0 bridgehead atoms. The Morgan fingerprint density at radius 3 is 2.64 bits per heavy atom. The minimum Gasteiger partial charge on any atom is -0.508 e. The van der Waals surface area contributed by atoms with Gasteiger partial charge in [0.15, 0.2) is 0 Å². The fourth-order valence-corrected chi connectivity index (χ4v) is 3.70. The van der Waals surface area contributed by atoms with E-state index in [1.54, 1.807) is 13.1 Å². The van der Waals surface area contributed by atoms with Gasteiger partial charge in [-0.1, -0.05) is 12.1 Å². The lowest BCUT2D eigenvalue weighted by molar-refractivity contribution is -0.136. The number of amides is 2. The Morgan fingerprint density at radius 1 is 1.23 bits per heavy atom. The van der Waals surface area contributed by atoms with Gasteiger partial charge >= 0.3 is 0 Å². The molecule has 0 spiro atoms. The second-order valence-corrected chi connectivity index (χ2v) is 6.16. The van der Waals surface area contributed by atoms with Crippen molar-refractivity contribution < 1.29 is 14.7 Å². The molecule has 2 N–H and O–H groups in total. The van der Waals surface area contributed by atoms with Crippen LogP contribution in [-0.2, 0) is 16.0 Å². The van der Waals surface area contributed by atoms with Crippen molar-refractivity contribution in [3.05, 3.63) is 29.3 Å². The van der Waals surface area contributed by atoms with Crippen LogP contribution < -0.4 is 5.32 Å². The number of likely N-dealkylation sites (tertiary alicyclic amines) is 1. The van der Waals surface area contributed by atoms with E-state index >= 15 is 0 Å². The number of fused-ring (bicyclic) bond motifs is 1. The van der Waals surface area contributed by atoms with Crippen LogP contribution in [-0.4, -0.2) is 42.0 Å². The van der Waals surface area contributed by atoms with E-state index in [0.717, 1.165) is 24.0 Å². The number of aromatic hydroxyl groups is 1. The van der Waals surface area contributed by atoms with Crippen molar-refractivity contribution in [2.75, 3.05) is 20.1 Å². The topological polar surface area (TPSA) is 69.6 Å². The average Bonchev–Trinajstić information content (AvgIpc) is 2.99. The van der Waals surface area contributed by atoms with Gasteiger partial charge in [0.05, 0.1) is 5.92 Å². The van der Waals surface area contributed by atoms with Gasteiger partial charge in [0.1, 0.15) is 5.75 Å². The predicted octanol–water partition coefficient (Wildman–Crippen LogP) is 1.41. The zero-order valence-electron chi connectivity index (χ0n) is 12.8. The van der Waals surface area contributed by atoms with Gasteiger partial charge in [0.25, 0.3) is 0 Å². The highest BCUT2D eigenvalue weighted by Gasteiger charge is 2.35. The number of rotatable bonds is 2. The maximum atomic E-state index is 12.8. The second-order valence-electron chi connectivity index (χ2n) is 6.16. The van der Waals surface area contributed by atoms with Crippen molar-refractivity contribution >= 4 is 11.8 Å². The fraction of sp³-hybridized carbons (Fsp3) is 0.529. The lowest BCUT2D eigenvalue weighted by atomic mass is 9.93. The zero-order valence-corrected chi connectivity index (χ0v) is 12.8. The van der Waals surface area contributed by atoms with Crippen LogP contribution in [0.4, 0.5) is 0 Å². The largest absolute Gasteiger partial charge is 0.508 e. The SMILES string of the molecule is CNC(=O)C1CCN(C(=O)C2CCc3cccc(O)c32)CC1. The zero-order chi connectivity index (χ0) is 15.7. The minimum atomic E-state index is -0.229. The van der Waals surface area contributed by atoms with Crippen LogP contribution in [0.5, 0.6) is 5.75 Å². The lowest BCUT2D eigenvalue weighted by Gasteiger charge is -2.33. The number of benzene rings is 1. The van der Waals surface area contributed by atoms with Gasteiger partial charge in [-0.25, -0.2) is 0 Å². The summed E-state index contributed by atoms with van der Waals surface area (Å²) in [6.45, 7) is 1.24. The van der Waals surface area contributed by atoms with Gasteiger partial charge in [-0.05, 0) is 37.3 Å². The monoisotopic (exact) mass is 302 g/mol. The van der Waals surface area contributed by atoms with Crippen LogP contribution in [0, 0.1) is 5.92 Å². The molecule has 0 radical (unpaired) electrons. The third-order valence-corrected chi connectivity index (χ3v) is 4.95. The van der Waals surface area contributed by atoms with E-state index in [2.05, 4.69) is 5.32 Å². The number of hydrogen-bond donors (Lipinski definition) is 2. The molecule has 1 aromatic rings. The Kier molecular flexibility index (Phi) is 4.05. The quantitative estimate of drug-likeness (QED) is 0.868. The predicted molar refractivity (Wildman–Crippen MR) is 82.5 cm³/mol. The first-order valence-electron chi connectivity index (χ1n) is 7.93. The molecule has 22 heavy (non-hydrogen) atoms. The molecule has 0 aromatic heterocycles. The molecule has 1 unspecified atom stereocenters. The maximum absolute atomic E-state index is 12.8. The van der Waals surface area contributed by atoms with Gasteiger partial charge in [0, 0.05) is 31.6 Å². The number of nitrogens with zero attached hydrogens (tertiary/aromatic N) is 1. The lowest BCUT2D eigenvalue weighted by Crippen LogP contribution is -2.43. The first-order valence-corrected chi connectivity index (χ1v) is 7.93. The number of phenolic OH excluding ortho intramolecular Hbond substituents is 1. The first kappa shape index (κ1) is 14.9. The molecule has 1 aliphatic heterocycles. The van der Waals surface area contributed by atoms with E-state index < -0.39 is 0 Å². The Balaban J connectivity index is 1.69. The van der Waals surface area contributed by atoms with Gasteiger partial charge in [-0.15, -0.1) is 0 Å². The molecule has 1 atom stereocenters. The van der Waals surface area contributed by atoms with Gasteiger partial charge < -0.3 is 15.3 Å². The average molecular weight is 302 g/mol. The molecule has 3 rings (SSSR count). The van der Waals surface area contributed by atoms with Crippen LogP contribution in [0.2, 0.25) is 0 Å². The molecule has 2 amide bonds. The Hall–Kier alpha value is -2.04. The Bertz CT molecular complexity index is 592. The van der Waals surface area contributed by atoms with Crippen LogP contribution in [0.25, 0.3) is 0 Å². The standard InChI is InChI=1S/C17H22N2O3/c1-18-16(21)12-7-9-19(10-8-12)17(22)13-6-5-11-3-2-4-14(20)15(11)13/h2-4,12-13,20H,5-10H2,1H3,(H,18,21). The molecule has 0 saturated carbocycles. The van der Waals surface area contributed by atoms with Crippen molar-refractivity contribution in [3.63, 3.8) is 0 Å². The van der Waals surface area contributed by atoms with E-state index in [1.165, 1.54) is 0 Å². The van der Waals surface area contributed by atoms with Crippen molar-refractivity contribution in [2.45, 2.75) is 31.6 Å². The molecule has 1 heterocycles. The normalized spacial score (nSPS) is 21.5. The summed E-state index contributed by atoms with van der Waals surface area (Å²) < 4.78 is 0. The van der Waals surface area contributed by atoms with Crippen molar-refractivity contribution in [2.24, 2.45) is 5.92 Å². The van der Waals surface area contributed by atoms with E-state index in [0.29, 0.717) is 25.9 Å². The third kappa shape index (κ3) is 2.56. The Morgan fingerprint density at radius 2 is 1.95 bits per heavy atom. The van der Waals surface area contributed by atoms with Crippen LogP contribution >= 0.6 is 0 Å². The van der Waals surface area contributed by atoms with Gasteiger partial charge in [-0.3, -0.25) is 9.59 Å². The highest BCUT2D eigenvalue weighted by atomic mass is 16.3. The van der Waals surface area contributed by atoms with E-state index in [-0.39, 0.29) is 29.4 Å². The number of piperidine rings is 1. The highest BCUT2D eigenvalue weighted by molar-refractivity contribution is 5.86. The number of phenols is 1. The van der Waals surface area contributed by atoms with Gasteiger partial charge in [-0.2, -0.15) is 0 Å². The fourth-order valence-electron chi connectivity index (χ4n) is 3.70. The summed E-state index contributed by atoms with van der Waals surface area (Å²) in [6, 6.07) is 5.47. The van der Waals surface area contributed by atoms with E-state index in [4.69, 9.17) is 0 Å². The number of carbonyl (C=O) groups is 2. The van der Waals surface area contributed by atoms with E-state index in [1.807, 2.05) is 17.0 Å². The van der Waals surface area contributed by atoms with Crippen LogP contribution in [0.1, 0.15) is 36.3 Å². The van der Waals surface area contributed by atoms with Crippen molar-refractivity contribution in [1.82, 2.24) is 10.2 Å². The molecule has 1 aliphatic carbocycles. The number of hydrogen-bond acceptors (Lipinski definition) is 3. The summed E-state index contributed by atoms with van der Waals surface area (Å²) in [5.74, 6) is 0.172. The summed E-state index contributed by atoms with van der Waals surface area (Å²) in [5, 5.41) is 12.8. The highest BCUT2D eigenvalue weighted by Crippen LogP contribution is 2.40. The van der Waals surface area contributed by atoms with Gasteiger partial charge in [0.2, 0.25) is 11.8 Å². The summed E-state index contributed by atoms with van der Waals surface area (Å²) in [4.78, 5) is 26.3. The number of carbonyl (C=O) groups excluding carboxylic acids is 2. The molecule has 1 saturated heterocycles. The molecular formula is C17H22N2O3. The van der Waals surface area contributed by atoms with E-state index in [9.17, 15) is 14.7 Å². The van der Waals surface area contributed by atoms with Crippen molar-refractivity contribution in [1.29, 1.82) is 0 Å². The Labute approximate surface area is 130 Å². The summed E-state index contributed by atoms with van der Waals surface area (Å²) in [7, 11) is 1.65. The molecule has 2 aliphatic rings. The second kappa shape index (κ2) is 5.99. The molecule has 118 valence electrons. The third-order valence-electron chi connectivity index (χ3n) is 4.95. The molecule has 1 fully saturated rings. The summed E-state index contributed by atoms with van der Waals surface area (Å²) in [6.07, 6.45) is 3.04. The molecule has 1 aromatic carbocycles. The van der Waals surface area contributed by atoms with Crippen LogP contribution in [0.3, 0.4) is 0 Å². The number of nitrogens with one attached hydrogen (secondary N) is 1. The summed E-state index contributed by atoms with van der Waals surface area (Å²) in [5.41, 5.74) is 1.89. The first-order chi connectivity index (χ1) is 10.6. The molecule has 5 heteroatoms. The smallest absolute Gasteiger partial charge is 0.230 e. The molecular weight excluding hydrogens is 280 g/mol. The van der Waals surface area contributed by atoms with Crippen LogP contribution in [0.15, 0.2) is 18.2 Å². The minimum absolute atomic E-state index is 0.0123. The number of aryl methyl sites for hydroxylation is 1.